The zero-order chi connectivity index (χ0) is 12.5. The van der Waals surface area contributed by atoms with E-state index in [0.717, 1.165) is 24.6 Å². The summed E-state index contributed by atoms with van der Waals surface area (Å²) in [6, 6.07) is 7.46. The van der Waals surface area contributed by atoms with Crippen molar-refractivity contribution in [2.24, 2.45) is 5.92 Å². The zero-order valence-corrected chi connectivity index (χ0v) is 11.1. The van der Waals surface area contributed by atoms with Gasteiger partial charge in [0.1, 0.15) is 5.75 Å². The van der Waals surface area contributed by atoms with Gasteiger partial charge >= 0.3 is 0 Å². The summed E-state index contributed by atoms with van der Waals surface area (Å²) in [5.41, 5.74) is 1.15. The molecule has 1 unspecified atom stereocenters. The third kappa shape index (κ3) is 5.73. The Bertz CT molecular complexity index is 312. The molecule has 2 heteroatoms. The van der Waals surface area contributed by atoms with Crippen molar-refractivity contribution in [2.75, 3.05) is 6.54 Å². The highest BCUT2D eigenvalue weighted by atomic mass is 16.3. The van der Waals surface area contributed by atoms with Crippen LogP contribution in [0.2, 0.25) is 0 Å². The number of phenolic OH excluding ortho intramolecular Hbond substituents is 1. The van der Waals surface area contributed by atoms with Crippen LogP contribution in [0, 0.1) is 5.92 Å². The van der Waals surface area contributed by atoms with Gasteiger partial charge in [0.2, 0.25) is 0 Å². The molecule has 0 aliphatic heterocycles. The number of hydrogen-bond donors (Lipinski definition) is 2. The second-order valence-corrected chi connectivity index (χ2v) is 4.72. The number of nitrogens with one attached hydrogen (secondary N) is 1. The second-order valence-electron chi connectivity index (χ2n) is 4.72. The largest absolute Gasteiger partial charge is 0.508 e. The Balaban J connectivity index is 2.26. The highest BCUT2D eigenvalue weighted by Crippen LogP contribution is 2.13. The van der Waals surface area contributed by atoms with Gasteiger partial charge < -0.3 is 10.4 Å². The highest BCUT2D eigenvalue weighted by Gasteiger charge is 2.05. The van der Waals surface area contributed by atoms with Gasteiger partial charge in [0, 0.05) is 6.54 Å². The van der Waals surface area contributed by atoms with Gasteiger partial charge in [0.05, 0.1) is 0 Å². The number of unbranched alkanes of at least 4 members (excludes halogenated alkanes) is 1. The minimum atomic E-state index is 0.349. The first-order valence-corrected chi connectivity index (χ1v) is 6.74. The maximum Gasteiger partial charge on any atom is 0.115 e. The van der Waals surface area contributed by atoms with E-state index in [9.17, 15) is 5.11 Å². The average molecular weight is 235 g/mol. The van der Waals surface area contributed by atoms with E-state index in [1.165, 1.54) is 25.7 Å². The Morgan fingerprint density at radius 2 is 2.12 bits per heavy atom. The first kappa shape index (κ1) is 14.0. The van der Waals surface area contributed by atoms with Crippen molar-refractivity contribution in [3.05, 3.63) is 29.8 Å². The van der Waals surface area contributed by atoms with E-state index >= 15 is 0 Å². The summed E-state index contributed by atoms with van der Waals surface area (Å²) in [6.07, 6.45) is 5.17. The molecular weight excluding hydrogens is 210 g/mol. The van der Waals surface area contributed by atoms with Gasteiger partial charge in [0.15, 0.2) is 0 Å². The summed E-state index contributed by atoms with van der Waals surface area (Å²) in [7, 11) is 0. The van der Waals surface area contributed by atoms with Crippen LogP contribution in [0.4, 0.5) is 0 Å². The Morgan fingerprint density at radius 3 is 2.76 bits per heavy atom. The molecule has 0 spiro atoms. The average Bonchev–Trinajstić information content (AvgIpc) is 2.33. The van der Waals surface area contributed by atoms with Crippen LogP contribution in [-0.2, 0) is 6.54 Å². The van der Waals surface area contributed by atoms with Gasteiger partial charge in [-0.25, -0.2) is 0 Å². The van der Waals surface area contributed by atoms with Gasteiger partial charge in [-0.05, 0) is 36.6 Å². The molecule has 0 saturated carbocycles. The normalized spacial score (nSPS) is 12.6. The third-order valence-corrected chi connectivity index (χ3v) is 3.22. The van der Waals surface area contributed by atoms with Crippen LogP contribution in [0.5, 0.6) is 5.75 Å². The summed E-state index contributed by atoms with van der Waals surface area (Å²) in [5, 5.41) is 12.8. The summed E-state index contributed by atoms with van der Waals surface area (Å²) in [5.74, 6) is 1.13. The Kier molecular flexibility index (Phi) is 6.71. The molecule has 0 saturated heterocycles. The monoisotopic (exact) mass is 235 g/mol. The van der Waals surface area contributed by atoms with Crippen molar-refractivity contribution >= 4 is 0 Å². The number of rotatable bonds is 8. The Morgan fingerprint density at radius 1 is 1.29 bits per heavy atom. The molecule has 1 aromatic rings. The molecule has 0 radical (unpaired) electrons. The van der Waals surface area contributed by atoms with Crippen molar-refractivity contribution in [1.29, 1.82) is 0 Å². The molecule has 0 aliphatic carbocycles. The van der Waals surface area contributed by atoms with Crippen LogP contribution >= 0.6 is 0 Å². The lowest BCUT2D eigenvalue weighted by molar-refractivity contribution is 0.418. The quantitative estimate of drug-likeness (QED) is 0.720. The van der Waals surface area contributed by atoms with Crippen LogP contribution < -0.4 is 5.32 Å². The minimum absolute atomic E-state index is 0.349. The third-order valence-electron chi connectivity index (χ3n) is 3.22. The number of phenols is 1. The molecular formula is C15H25NO. The topological polar surface area (TPSA) is 32.3 Å². The van der Waals surface area contributed by atoms with E-state index in [1.54, 1.807) is 6.07 Å². The van der Waals surface area contributed by atoms with Crippen LogP contribution in [0.25, 0.3) is 0 Å². The zero-order valence-electron chi connectivity index (χ0n) is 11.1. The molecule has 0 amide bonds. The summed E-state index contributed by atoms with van der Waals surface area (Å²) >= 11 is 0. The van der Waals surface area contributed by atoms with Crippen molar-refractivity contribution in [3.63, 3.8) is 0 Å². The van der Waals surface area contributed by atoms with Crippen LogP contribution in [0.1, 0.15) is 45.1 Å². The first-order valence-electron chi connectivity index (χ1n) is 6.74. The lowest BCUT2D eigenvalue weighted by atomic mass is 9.99. The summed E-state index contributed by atoms with van der Waals surface area (Å²) in [6.45, 7) is 6.42. The maximum absolute atomic E-state index is 9.36. The Hall–Kier alpha value is -1.02. The standard InChI is InChI=1S/C15H25NO/c1-3-5-7-13(4-2)11-16-12-14-8-6-9-15(17)10-14/h6,8-10,13,16-17H,3-5,7,11-12H2,1-2H3. The predicted octanol–water partition coefficient (Wildman–Crippen LogP) is 3.70. The van der Waals surface area contributed by atoms with Gasteiger partial charge in [0.25, 0.3) is 0 Å². The van der Waals surface area contributed by atoms with E-state index in [0.29, 0.717) is 5.75 Å². The maximum atomic E-state index is 9.36. The molecule has 2 nitrogen and oxygen atoms in total. The molecule has 0 bridgehead atoms. The number of aromatic hydroxyl groups is 1. The molecule has 0 fully saturated rings. The summed E-state index contributed by atoms with van der Waals surface area (Å²) < 4.78 is 0. The molecule has 17 heavy (non-hydrogen) atoms. The van der Waals surface area contributed by atoms with Gasteiger partial charge in [-0.1, -0.05) is 45.2 Å². The second kappa shape index (κ2) is 8.13. The van der Waals surface area contributed by atoms with Crippen molar-refractivity contribution in [3.8, 4) is 5.75 Å². The molecule has 2 N–H and O–H groups in total. The van der Waals surface area contributed by atoms with Crippen molar-refractivity contribution in [2.45, 2.75) is 46.1 Å². The lowest BCUT2D eigenvalue weighted by Crippen LogP contribution is -2.22. The van der Waals surface area contributed by atoms with Gasteiger partial charge in [-0.15, -0.1) is 0 Å². The Labute approximate surface area is 105 Å². The minimum Gasteiger partial charge on any atom is -0.508 e. The van der Waals surface area contributed by atoms with E-state index in [1.807, 2.05) is 18.2 Å². The smallest absolute Gasteiger partial charge is 0.115 e. The fraction of sp³-hybridized carbons (Fsp3) is 0.600. The fourth-order valence-corrected chi connectivity index (χ4v) is 2.03. The highest BCUT2D eigenvalue weighted by molar-refractivity contribution is 5.26. The van der Waals surface area contributed by atoms with E-state index in [-0.39, 0.29) is 0 Å². The fourth-order valence-electron chi connectivity index (χ4n) is 2.03. The summed E-state index contributed by atoms with van der Waals surface area (Å²) in [4.78, 5) is 0. The van der Waals surface area contributed by atoms with E-state index in [2.05, 4.69) is 19.2 Å². The number of hydrogen-bond acceptors (Lipinski definition) is 2. The molecule has 1 atom stereocenters. The molecule has 1 aromatic carbocycles. The van der Waals surface area contributed by atoms with Crippen LogP contribution in [0.15, 0.2) is 24.3 Å². The van der Waals surface area contributed by atoms with Gasteiger partial charge in [-0.3, -0.25) is 0 Å². The lowest BCUT2D eigenvalue weighted by Gasteiger charge is -2.15. The molecule has 0 aromatic heterocycles. The SMILES string of the molecule is CCCCC(CC)CNCc1cccc(O)c1. The predicted molar refractivity (Wildman–Crippen MR) is 73.1 cm³/mol. The van der Waals surface area contributed by atoms with E-state index < -0.39 is 0 Å². The van der Waals surface area contributed by atoms with Gasteiger partial charge in [-0.2, -0.15) is 0 Å². The number of benzene rings is 1. The van der Waals surface area contributed by atoms with E-state index in [4.69, 9.17) is 0 Å². The van der Waals surface area contributed by atoms with Crippen LogP contribution in [0.3, 0.4) is 0 Å². The molecule has 96 valence electrons. The van der Waals surface area contributed by atoms with Crippen molar-refractivity contribution in [1.82, 2.24) is 5.32 Å². The molecule has 0 heterocycles. The molecule has 1 rings (SSSR count). The van der Waals surface area contributed by atoms with Crippen LogP contribution in [-0.4, -0.2) is 11.7 Å². The van der Waals surface area contributed by atoms with Crippen molar-refractivity contribution < 1.29 is 5.11 Å². The molecule has 0 aliphatic rings. The first-order chi connectivity index (χ1) is 8.26.